The number of hydrogen-bond acceptors (Lipinski definition) is 6. The molecule has 9 heteroatoms. The van der Waals surface area contributed by atoms with Crippen LogP contribution >= 0.6 is 0 Å². The predicted molar refractivity (Wildman–Crippen MR) is 123 cm³/mol. The van der Waals surface area contributed by atoms with E-state index in [0.717, 1.165) is 18.4 Å². The molecule has 0 spiro atoms. The second kappa shape index (κ2) is 8.55. The van der Waals surface area contributed by atoms with Crippen LogP contribution in [0, 0.1) is 16.1 Å². The van der Waals surface area contributed by atoms with Gasteiger partial charge in [0.2, 0.25) is 5.88 Å². The first-order chi connectivity index (χ1) is 15.3. The summed E-state index contributed by atoms with van der Waals surface area (Å²) < 4.78 is 15.3. The maximum absolute atomic E-state index is 12.9. The highest BCUT2D eigenvalue weighted by Crippen LogP contribution is 2.42. The van der Waals surface area contributed by atoms with Gasteiger partial charge in [-0.2, -0.15) is 5.26 Å². The first-order valence-electron chi connectivity index (χ1n) is 10.1. The highest BCUT2D eigenvalue weighted by Gasteiger charge is 2.45. The van der Waals surface area contributed by atoms with Gasteiger partial charge in [0.1, 0.15) is 17.7 Å². The SMILES string of the molecule is Cn1c(=O)c(C(=O)NCc2ccc(C#N)cc2)cc2ccnc(OCC3([S@](C)=N)CC3)c21. The van der Waals surface area contributed by atoms with Crippen molar-refractivity contribution in [2.75, 3.05) is 12.9 Å². The van der Waals surface area contributed by atoms with Crippen LogP contribution in [0.1, 0.15) is 34.3 Å². The highest BCUT2D eigenvalue weighted by molar-refractivity contribution is 7.87. The maximum atomic E-state index is 12.9. The monoisotopic (exact) mass is 449 g/mol. The van der Waals surface area contributed by atoms with Gasteiger partial charge < -0.3 is 14.6 Å². The molecule has 0 bridgehead atoms. The number of pyridine rings is 2. The summed E-state index contributed by atoms with van der Waals surface area (Å²) in [4.78, 5) is 30.0. The van der Waals surface area contributed by atoms with Gasteiger partial charge in [-0.25, -0.2) is 4.98 Å². The molecule has 2 aromatic heterocycles. The number of ether oxygens (including phenoxy) is 1. The van der Waals surface area contributed by atoms with Crippen LogP contribution < -0.4 is 15.6 Å². The number of rotatable bonds is 7. The molecule has 8 nitrogen and oxygen atoms in total. The second-order valence-corrected chi connectivity index (χ2v) is 9.84. The molecule has 2 N–H and O–H groups in total. The first kappa shape index (κ1) is 21.7. The van der Waals surface area contributed by atoms with Gasteiger partial charge in [-0.05, 0) is 48.9 Å². The maximum Gasteiger partial charge on any atom is 0.263 e. The van der Waals surface area contributed by atoms with Gasteiger partial charge in [-0.3, -0.25) is 14.4 Å². The number of carbonyl (C=O) groups excluding carboxylic acids is 1. The number of fused-ring (bicyclic) bond motifs is 1. The summed E-state index contributed by atoms with van der Waals surface area (Å²) >= 11 is 0. The van der Waals surface area contributed by atoms with Crippen LogP contribution in [0.2, 0.25) is 0 Å². The van der Waals surface area contributed by atoms with Gasteiger partial charge in [-0.1, -0.05) is 22.8 Å². The van der Waals surface area contributed by atoms with Crippen LogP contribution in [0.4, 0.5) is 0 Å². The van der Waals surface area contributed by atoms with Crippen molar-refractivity contribution in [1.82, 2.24) is 14.9 Å². The van der Waals surface area contributed by atoms with Crippen LogP contribution in [0.15, 0.2) is 47.4 Å². The number of benzene rings is 1. The summed E-state index contributed by atoms with van der Waals surface area (Å²) in [6.07, 6.45) is 5.41. The van der Waals surface area contributed by atoms with Gasteiger partial charge in [-0.15, -0.1) is 0 Å². The molecule has 1 saturated carbocycles. The number of nitrogens with one attached hydrogen (secondary N) is 2. The third-order valence-corrected chi connectivity index (χ3v) is 7.63. The Bertz CT molecular complexity index is 1320. The Hall–Kier alpha value is -3.51. The van der Waals surface area contributed by atoms with Crippen molar-refractivity contribution in [2.24, 2.45) is 7.05 Å². The van der Waals surface area contributed by atoms with Crippen molar-refractivity contribution in [3.8, 4) is 11.9 Å². The molecule has 0 unspecified atom stereocenters. The van der Waals surface area contributed by atoms with Crippen LogP contribution in [-0.2, 0) is 24.3 Å². The molecule has 3 aromatic rings. The van der Waals surface area contributed by atoms with E-state index in [0.29, 0.717) is 29.0 Å². The van der Waals surface area contributed by atoms with E-state index in [-0.39, 0.29) is 16.9 Å². The Balaban J connectivity index is 1.57. The van der Waals surface area contributed by atoms with E-state index < -0.39 is 22.2 Å². The molecule has 0 aliphatic heterocycles. The summed E-state index contributed by atoms with van der Waals surface area (Å²) in [5, 5.41) is 12.3. The molecule has 1 amide bonds. The number of aryl methyl sites for hydroxylation is 1. The molecule has 1 aliphatic carbocycles. The Morgan fingerprint density at radius 3 is 2.69 bits per heavy atom. The van der Waals surface area contributed by atoms with Crippen molar-refractivity contribution in [3.63, 3.8) is 0 Å². The smallest absolute Gasteiger partial charge is 0.263 e. The van der Waals surface area contributed by atoms with Gasteiger partial charge >= 0.3 is 0 Å². The molecule has 1 aromatic carbocycles. The number of hydrogen-bond donors (Lipinski definition) is 2. The van der Waals surface area contributed by atoms with Gasteiger partial charge in [0.25, 0.3) is 11.5 Å². The topological polar surface area (TPSA) is 121 Å². The Labute approximate surface area is 187 Å². The van der Waals surface area contributed by atoms with Crippen LogP contribution in [0.5, 0.6) is 5.88 Å². The lowest BCUT2D eigenvalue weighted by Crippen LogP contribution is -2.32. The minimum Gasteiger partial charge on any atom is -0.475 e. The van der Waals surface area contributed by atoms with E-state index >= 15 is 0 Å². The first-order valence-corrected chi connectivity index (χ1v) is 11.7. The summed E-state index contributed by atoms with van der Waals surface area (Å²) in [5.74, 6) is -0.138. The lowest BCUT2D eigenvalue weighted by molar-refractivity contribution is 0.0949. The lowest BCUT2D eigenvalue weighted by atomic mass is 10.1. The zero-order valence-electron chi connectivity index (χ0n) is 17.8. The van der Waals surface area contributed by atoms with Crippen molar-refractivity contribution in [1.29, 1.82) is 10.0 Å². The molecule has 1 fully saturated rings. The minimum absolute atomic E-state index is 0.0331. The predicted octanol–water partition coefficient (Wildman–Crippen LogP) is 2.66. The molecular weight excluding hydrogens is 426 g/mol. The Kier molecular flexibility index (Phi) is 5.80. The number of nitriles is 1. The van der Waals surface area contributed by atoms with Gasteiger partial charge in [0.05, 0.1) is 16.4 Å². The molecule has 2 heterocycles. The average Bonchev–Trinajstić information content (AvgIpc) is 3.60. The van der Waals surface area contributed by atoms with Crippen molar-refractivity contribution >= 4 is 27.5 Å². The molecule has 0 radical (unpaired) electrons. The van der Waals surface area contributed by atoms with Gasteiger partial charge in [0.15, 0.2) is 0 Å². The normalized spacial score (nSPS) is 15.0. The average molecular weight is 450 g/mol. The minimum atomic E-state index is -0.502. The zero-order chi connectivity index (χ0) is 22.9. The highest BCUT2D eigenvalue weighted by atomic mass is 32.2. The molecule has 4 rings (SSSR count). The van der Waals surface area contributed by atoms with Crippen molar-refractivity contribution < 1.29 is 9.53 Å². The van der Waals surface area contributed by atoms with E-state index in [1.165, 1.54) is 4.57 Å². The molecule has 164 valence electrons. The number of nitrogens with zero attached hydrogens (tertiary/aromatic N) is 3. The molecule has 1 aliphatic rings. The van der Waals surface area contributed by atoms with Gasteiger partial charge in [0, 0.05) is 25.2 Å². The lowest BCUT2D eigenvalue weighted by Gasteiger charge is -2.17. The fourth-order valence-corrected chi connectivity index (χ4v) is 4.47. The van der Waals surface area contributed by atoms with E-state index in [4.69, 9.17) is 14.8 Å². The second-order valence-electron chi connectivity index (χ2n) is 7.95. The van der Waals surface area contributed by atoms with E-state index in [9.17, 15) is 9.59 Å². The molecule has 1 atom stereocenters. The molecular formula is C23H23N5O3S. The van der Waals surface area contributed by atoms with Crippen molar-refractivity contribution in [2.45, 2.75) is 24.1 Å². The third-order valence-electron chi connectivity index (χ3n) is 5.80. The quantitative estimate of drug-likeness (QED) is 0.574. The largest absolute Gasteiger partial charge is 0.475 e. The Morgan fingerprint density at radius 2 is 2.06 bits per heavy atom. The number of aromatic nitrogens is 2. The fourth-order valence-electron chi connectivity index (χ4n) is 3.52. The molecule has 32 heavy (non-hydrogen) atoms. The summed E-state index contributed by atoms with van der Waals surface area (Å²) in [7, 11) is 1.09. The standard InChI is InChI=1S/C23H23N5O3S/c1-28-19-17(7-10-26-21(19)31-14-23(8-9-23)32(2)25)11-18(22(28)30)20(29)27-13-16-5-3-15(12-24)4-6-16/h3-7,10-11,25H,8-9,13-14H2,1-2H3,(H,27,29)/t32-/m0/s1. The fraction of sp³-hybridized carbons (Fsp3) is 0.304. The van der Waals surface area contributed by atoms with Crippen LogP contribution in [-0.4, -0.2) is 33.1 Å². The van der Waals surface area contributed by atoms with Crippen LogP contribution in [0.3, 0.4) is 0 Å². The van der Waals surface area contributed by atoms with E-state index in [1.54, 1.807) is 49.6 Å². The summed E-state index contributed by atoms with van der Waals surface area (Å²) in [6, 6.07) is 12.2. The zero-order valence-corrected chi connectivity index (χ0v) is 18.7. The molecule has 0 saturated heterocycles. The summed E-state index contributed by atoms with van der Waals surface area (Å²) in [5.41, 5.74) is 1.49. The van der Waals surface area contributed by atoms with E-state index in [1.807, 2.05) is 6.26 Å². The van der Waals surface area contributed by atoms with E-state index in [2.05, 4.69) is 16.4 Å². The van der Waals surface area contributed by atoms with Crippen LogP contribution in [0.25, 0.3) is 10.9 Å². The summed E-state index contributed by atoms with van der Waals surface area (Å²) in [6.45, 7) is 0.633. The number of carbonyl (C=O) groups is 1. The van der Waals surface area contributed by atoms with Crippen molar-refractivity contribution in [3.05, 3.63) is 69.6 Å². The Morgan fingerprint density at radius 1 is 1.34 bits per heavy atom. The number of amides is 1. The third kappa shape index (κ3) is 4.14.